The molecule has 28 heavy (non-hydrogen) atoms. The van der Waals surface area contributed by atoms with Gasteiger partial charge in [-0.15, -0.1) is 0 Å². The van der Waals surface area contributed by atoms with Crippen molar-refractivity contribution < 1.29 is 23.8 Å². The van der Waals surface area contributed by atoms with E-state index >= 15 is 0 Å². The highest BCUT2D eigenvalue weighted by atomic mass is 16.6. The van der Waals surface area contributed by atoms with Crippen molar-refractivity contribution in [3.8, 4) is 17.2 Å². The van der Waals surface area contributed by atoms with E-state index in [1.54, 1.807) is 18.2 Å². The highest BCUT2D eigenvalue weighted by Crippen LogP contribution is 2.32. The number of fused-ring (bicyclic) bond motifs is 1. The van der Waals surface area contributed by atoms with Crippen molar-refractivity contribution in [2.45, 2.75) is 13.8 Å². The summed E-state index contributed by atoms with van der Waals surface area (Å²) in [7, 11) is 0. The minimum Gasteiger partial charge on any atom is -0.486 e. The van der Waals surface area contributed by atoms with Crippen molar-refractivity contribution in [1.82, 2.24) is 4.90 Å². The van der Waals surface area contributed by atoms with E-state index in [9.17, 15) is 9.59 Å². The van der Waals surface area contributed by atoms with Crippen LogP contribution in [0.5, 0.6) is 17.2 Å². The van der Waals surface area contributed by atoms with Gasteiger partial charge in [-0.2, -0.15) is 0 Å². The normalized spacial score (nSPS) is 12.2. The molecule has 0 atom stereocenters. The number of rotatable bonds is 7. The largest absolute Gasteiger partial charge is 0.486 e. The lowest BCUT2D eigenvalue weighted by Crippen LogP contribution is -2.40. The molecule has 0 saturated heterocycles. The van der Waals surface area contributed by atoms with Gasteiger partial charge in [-0.05, 0) is 37.6 Å². The molecule has 0 aliphatic carbocycles. The Morgan fingerprint density at radius 3 is 2.61 bits per heavy atom. The van der Waals surface area contributed by atoms with Crippen LogP contribution in [0.1, 0.15) is 12.5 Å². The van der Waals surface area contributed by atoms with Gasteiger partial charge in [0.25, 0.3) is 5.91 Å². The van der Waals surface area contributed by atoms with E-state index in [1.807, 2.05) is 38.1 Å². The molecule has 0 fully saturated rings. The highest BCUT2D eigenvalue weighted by molar-refractivity contribution is 5.95. The summed E-state index contributed by atoms with van der Waals surface area (Å²) in [5, 5.41) is 2.79. The van der Waals surface area contributed by atoms with Gasteiger partial charge in [-0.3, -0.25) is 9.59 Å². The molecule has 0 radical (unpaired) electrons. The van der Waals surface area contributed by atoms with Gasteiger partial charge in [0.2, 0.25) is 5.91 Å². The molecule has 2 amide bonds. The lowest BCUT2D eigenvalue weighted by atomic mass is 10.2. The molecule has 0 spiro atoms. The Morgan fingerprint density at radius 1 is 1.11 bits per heavy atom. The molecule has 0 aromatic heterocycles. The van der Waals surface area contributed by atoms with Crippen LogP contribution in [-0.2, 0) is 9.59 Å². The van der Waals surface area contributed by atoms with Crippen molar-refractivity contribution in [1.29, 1.82) is 0 Å². The number of amides is 2. The zero-order valence-electron chi connectivity index (χ0n) is 16.1. The van der Waals surface area contributed by atoms with E-state index in [4.69, 9.17) is 14.2 Å². The Hall–Kier alpha value is -3.22. The summed E-state index contributed by atoms with van der Waals surface area (Å²) in [4.78, 5) is 26.2. The van der Waals surface area contributed by atoms with Crippen LogP contribution in [0.15, 0.2) is 42.5 Å². The third-order valence-corrected chi connectivity index (χ3v) is 4.34. The fourth-order valence-corrected chi connectivity index (χ4v) is 2.82. The molecule has 3 rings (SSSR count). The minimum absolute atomic E-state index is 0.0547. The first-order valence-electron chi connectivity index (χ1n) is 9.22. The third-order valence-electron chi connectivity index (χ3n) is 4.34. The average Bonchev–Trinajstić information content (AvgIpc) is 2.71. The van der Waals surface area contributed by atoms with Crippen molar-refractivity contribution in [3.63, 3.8) is 0 Å². The Labute approximate surface area is 164 Å². The number of ether oxygens (including phenoxy) is 3. The van der Waals surface area contributed by atoms with E-state index in [0.717, 1.165) is 5.56 Å². The number of carbonyl (C=O) groups excluding carboxylic acids is 2. The van der Waals surface area contributed by atoms with Crippen LogP contribution in [0.3, 0.4) is 0 Å². The van der Waals surface area contributed by atoms with Gasteiger partial charge in [0.15, 0.2) is 18.1 Å². The fraction of sp³-hybridized carbons (Fsp3) is 0.333. The summed E-state index contributed by atoms with van der Waals surface area (Å²) < 4.78 is 16.6. The van der Waals surface area contributed by atoms with Crippen LogP contribution < -0.4 is 19.5 Å². The average molecular weight is 384 g/mol. The molecule has 7 nitrogen and oxygen atoms in total. The Bertz CT molecular complexity index is 852. The quantitative estimate of drug-likeness (QED) is 0.794. The molecule has 0 saturated carbocycles. The predicted molar refractivity (Wildman–Crippen MR) is 105 cm³/mol. The van der Waals surface area contributed by atoms with E-state index in [-0.39, 0.29) is 25.0 Å². The number of hydrogen-bond acceptors (Lipinski definition) is 5. The Morgan fingerprint density at radius 2 is 1.86 bits per heavy atom. The monoisotopic (exact) mass is 384 g/mol. The number of carbonyl (C=O) groups is 2. The van der Waals surface area contributed by atoms with Gasteiger partial charge in [0.05, 0.1) is 6.54 Å². The van der Waals surface area contributed by atoms with E-state index in [1.165, 1.54) is 4.90 Å². The Kier molecular flexibility index (Phi) is 6.37. The second kappa shape index (κ2) is 9.12. The van der Waals surface area contributed by atoms with E-state index < -0.39 is 0 Å². The van der Waals surface area contributed by atoms with Gasteiger partial charge < -0.3 is 24.4 Å². The van der Waals surface area contributed by atoms with Crippen molar-refractivity contribution in [3.05, 3.63) is 48.0 Å². The summed E-state index contributed by atoms with van der Waals surface area (Å²) in [6.45, 7) is 4.96. The van der Waals surface area contributed by atoms with E-state index in [0.29, 0.717) is 42.7 Å². The fourth-order valence-electron chi connectivity index (χ4n) is 2.82. The van der Waals surface area contributed by atoms with Crippen LogP contribution in [0.25, 0.3) is 0 Å². The van der Waals surface area contributed by atoms with Crippen LogP contribution in [0.4, 0.5) is 5.69 Å². The summed E-state index contributed by atoms with van der Waals surface area (Å²) in [6.07, 6.45) is 0. The summed E-state index contributed by atoms with van der Waals surface area (Å²) in [5.41, 5.74) is 1.55. The van der Waals surface area contributed by atoms with Crippen molar-refractivity contribution >= 4 is 17.5 Å². The van der Waals surface area contributed by atoms with Gasteiger partial charge in [-0.1, -0.05) is 18.2 Å². The summed E-state index contributed by atoms with van der Waals surface area (Å²) in [5.74, 6) is 1.38. The first kappa shape index (κ1) is 19.5. The smallest absolute Gasteiger partial charge is 0.260 e. The Balaban J connectivity index is 1.54. The third kappa shape index (κ3) is 4.94. The molecule has 2 aromatic rings. The first-order chi connectivity index (χ1) is 13.6. The van der Waals surface area contributed by atoms with Crippen LogP contribution in [0.2, 0.25) is 0 Å². The van der Waals surface area contributed by atoms with Crippen molar-refractivity contribution in [2.24, 2.45) is 0 Å². The molecule has 1 heterocycles. The van der Waals surface area contributed by atoms with Gasteiger partial charge in [0.1, 0.15) is 19.0 Å². The second-order valence-corrected chi connectivity index (χ2v) is 6.37. The van der Waals surface area contributed by atoms with E-state index in [2.05, 4.69) is 5.32 Å². The molecule has 0 unspecified atom stereocenters. The van der Waals surface area contributed by atoms with Gasteiger partial charge in [0, 0.05) is 18.3 Å². The number of nitrogens with one attached hydrogen (secondary N) is 1. The maximum atomic E-state index is 12.4. The summed E-state index contributed by atoms with van der Waals surface area (Å²) in [6, 6.07) is 12.7. The molecular formula is C21H24N2O5. The number of hydrogen-bond donors (Lipinski definition) is 1. The molecule has 7 heteroatoms. The number of para-hydroxylation sites is 1. The molecule has 1 aliphatic rings. The maximum Gasteiger partial charge on any atom is 0.260 e. The lowest BCUT2D eigenvalue weighted by Gasteiger charge is -2.21. The zero-order valence-corrected chi connectivity index (χ0v) is 16.1. The lowest BCUT2D eigenvalue weighted by molar-refractivity contribution is -0.136. The number of anilines is 1. The number of nitrogens with zero attached hydrogens (tertiary/aromatic N) is 1. The standard InChI is InChI=1S/C21H24N2O5/c1-3-23(21(25)14-28-17-7-5-4-6-15(17)2)13-20(24)22-16-8-9-18-19(12-16)27-11-10-26-18/h4-9,12H,3,10-11,13-14H2,1-2H3,(H,22,24). The van der Waals surface area contributed by atoms with Crippen molar-refractivity contribution in [2.75, 3.05) is 38.2 Å². The predicted octanol–water partition coefficient (Wildman–Crippen LogP) is 2.63. The molecule has 1 N–H and O–H groups in total. The van der Waals surface area contributed by atoms with Gasteiger partial charge >= 0.3 is 0 Å². The maximum absolute atomic E-state index is 12.4. The summed E-state index contributed by atoms with van der Waals surface area (Å²) >= 11 is 0. The molecular weight excluding hydrogens is 360 g/mol. The van der Waals surface area contributed by atoms with Crippen LogP contribution in [0, 0.1) is 6.92 Å². The van der Waals surface area contributed by atoms with Crippen LogP contribution in [-0.4, -0.2) is 49.6 Å². The highest BCUT2D eigenvalue weighted by Gasteiger charge is 2.18. The number of benzene rings is 2. The number of aryl methyl sites for hydroxylation is 1. The zero-order chi connectivity index (χ0) is 19.9. The van der Waals surface area contributed by atoms with Gasteiger partial charge in [-0.25, -0.2) is 0 Å². The van der Waals surface area contributed by atoms with Crippen LogP contribution >= 0.6 is 0 Å². The first-order valence-corrected chi connectivity index (χ1v) is 9.22. The topological polar surface area (TPSA) is 77.1 Å². The molecule has 0 bridgehead atoms. The molecule has 148 valence electrons. The number of likely N-dealkylation sites (N-methyl/N-ethyl adjacent to an activating group) is 1. The molecule has 1 aliphatic heterocycles. The molecule has 2 aromatic carbocycles. The minimum atomic E-state index is -0.289. The second-order valence-electron chi connectivity index (χ2n) is 6.37. The SMILES string of the molecule is CCN(CC(=O)Nc1ccc2c(c1)OCCO2)C(=O)COc1ccccc1C.